The number of carbonyl (C=O) groups excluding carboxylic acids is 2. The van der Waals surface area contributed by atoms with E-state index in [4.69, 9.17) is 11.6 Å². The summed E-state index contributed by atoms with van der Waals surface area (Å²) < 4.78 is 0. The molecule has 3 rings (SSSR count). The second kappa shape index (κ2) is 5.10. The summed E-state index contributed by atoms with van der Waals surface area (Å²) in [6, 6.07) is 13.9. The topological polar surface area (TPSA) is 46.2 Å². The molecule has 1 heterocycles. The van der Waals surface area contributed by atoms with Crippen LogP contribution in [0.25, 0.3) is 0 Å². The number of nitrogens with one attached hydrogen (secondary N) is 1. The van der Waals surface area contributed by atoms with E-state index in [1.165, 1.54) is 0 Å². The van der Waals surface area contributed by atoms with Gasteiger partial charge in [-0.05, 0) is 23.8 Å². The van der Waals surface area contributed by atoms with Crippen LogP contribution >= 0.6 is 11.6 Å². The first-order valence-electron chi connectivity index (χ1n) is 6.34. The summed E-state index contributed by atoms with van der Waals surface area (Å²) in [6.07, 6.45) is 0.239. The van der Waals surface area contributed by atoms with E-state index in [1.54, 1.807) is 30.3 Å². The molecule has 1 amide bonds. The van der Waals surface area contributed by atoms with Gasteiger partial charge in [-0.3, -0.25) is 9.59 Å². The van der Waals surface area contributed by atoms with Gasteiger partial charge in [0, 0.05) is 22.6 Å². The fraction of sp³-hybridized carbons (Fsp3) is 0.125. The minimum atomic E-state index is -0.302. The highest BCUT2D eigenvalue weighted by molar-refractivity contribution is 6.30. The van der Waals surface area contributed by atoms with Crippen molar-refractivity contribution in [3.63, 3.8) is 0 Å². The Morgan fingerprint density at radius 2 is 1.90 bits per heavy atom. The number of hydrogen-bond donors (Lipinski definition) is 1. The Hall–Kier alpha value is -2.13. The van der Waals surface area contributed by atoms with Gasteiger partial charge in [0.25, 0.3) is 5.91 Å². The van der Waals surface area contributed by atoms with Crippen molar-refractivity contribution in [1.29, 1.82) is 0 Å². The van der Waals surface area contributed by atoms with Gasteiger partial charge < -0.3 is 5.32 Å². The molecule has 0 bridgehead atoms. The largest absolute Gasteiger partial charge is 0.345 e. The number of amides is 1. The number of hydrogen-bond acceptors (Lipinski definition) is 2. The summed E-state index contributed by atoms with van der Waals surface area (Å²) in [6.45, 7) is 0. The molecule has 0 aromatic heterocycles. The van der Waals surface area contributed by atoms with Crippen molar-refractivity contribution in [3.8, 4) is 0 Å². The highest BCUT2D eigenvalue weighted by Crippen LogP contribution is 2.31. The van der Waals surface area contributed by atoms with Crippen LogP contribution in [0.5, 0.6) is 0 Å². The number of carbonyl (C=O) groups is 2. The maximum Gasteiger partial charge on any atom is 0.252 e. The van der Waals surface area contributed by atoms with Gasteiger partial charge in [0.05, 0.1) is 6.04 Å². The molecule has 100 valence electrons. The molecule has 2 aromatic carbocycles. The standard InChI is InChI=1S/C16H12ClNO2/c17-11-6-7-12-13(8-11)14(18-16(12)20)9-15(19)10-4-2-1-3-5-10/h1-8,14H,9H2,(H,18,20)/t14-/m0/s1. The van der Waals surface area contributed by atoms with Crippen LogP contribution < -0.4 is 5.32 Å². The second-order valence-electron chi connectivity index (χ2n) is 4.75. The van der Waals surface area contributed by atoms with Crippen LogP contribution in [0, 0.1) is 0 Å². The molecule has 20 heavy (non-hydrogen) atoms. The summed E-state index contributed by atoms with van der Waals surface area (Å²) in [5.41, 5.74) is 2.05. The SMILES string of the molecule is O=C(C[C@@H]1NC(=O)c2ccc(Cl)cc21)c1ccccc1. The number of Topliss-reactive ketones (excluding diaryl/α,β-unsaturated/α-hetero) is 1. The van der Waals surface area contributed by atoms with Crippen LogP contribution in [-0.2, 0) is 0 Å². The lowest BCUT2D eigenvalue weighted by molar-refractivity contribution is 0.0933. The van der Waals surface area contributed by atoms with Gasteiger partial charge in [-0.2, -0.15) is 0 Å². The number of benzene rings is 2. The molecule has 4 heteroatoms. The smallest absolute Gasteiger partial charge is 0.252 e. The van der Waals surface area contributed by atoms with E-state index in [0.29, 0.717) is 16.1 Å². The van der Waals surface area contributed by atoms with E-state index < -0.39 is 0 Å². The quantitative estimate of drug-likeness (QED) is 0.879. The van der Waals surface area contributed by atoms with E-state index in [9.17, 15) is 9.59 Å². The molecule has 0 saturated heterocycles. The zero-order chi connectivity index (χ0) is 14.1. The zero-order valence-electron chi connectivity index (χ0n) is 10.6. The van der Waals surface area contributed by atoms with E-state index in [2.05, 4.69) is 5.32 Å². The number of ketones is 1. The van der Waals surface area contributed by atoms with Crippen molar-refractivity contribution in [2.24, 2.45) is 0 Å². The van der Waals surface area contributed by atoms with Gasteiger partial charge in [0.15, 0.2) is 5.78 Å². The van der Waals surface area contributed by atoms with Gasteiger partial charge >= 0.3 is 0 Å². The molecule has 0 aliphatic carbocycles. The molecule has 1 aliphatic rings. The average Bonchev–Trinajstić information content (AvgIpc) is 2.76. The number of fused-ring (bicyclic) bond motifs is 1. The Morgan fingerprint density at radius 3 is 2.65 bits per heavy atom. The molecule has 1 atom stereocenters. The minimum Gasteiger partial charge on any atom is -0.345 e. The lowest BCUT2D eigenvalue weighted by Gasteiger charge is -2.11. The van der Waals surface area contributed by atoms with Crippen LogP contribution in [0.1, 0.15) is 38.7 Å². The highest BCUT2D eigenvalue weighted by atomic mass is 35.5. The number of rotatable bonds is 3. The molecule has 0 fully saturated rings. The molecule has 2 aromatic rings. The first-order chi connectivity index (χ1) is 9.65. The van der Waals surface area contributed by atoms with Crippen LogP contribution in [0.2, 0.25) is 5.02 Å². The van der Waals surface area contributed by atoms with Crippen LogP contribution in [0.15, 0.2) is 48.5 Å². The molecular formula is C16H12ClNO2. The lowest BCUT2D eigenvalue weighted by Crippen LogP contribution is -2.21. The van der Waals surface area contributed by atoms with E-state index in [1.807, 2.05) is 18.2 Å². The molecular weight excluding hydrogens is 274 g/mol. The maximum atomic E-state index is 12.2. The summed E-state index contributed by atoms with van der Waals surface area (Å²) in [4.78, 5) is 24.1. The Balaban J connectivity index is 1.86. The molecule has 0 saturated carbocycles. The van der Waals surface area contributed by atoms with Crippen molar-refractivity contribution >= 4 is 23.3 Å². The predicted octanol–water partition coefficient (Wildman–Crippen LogP) is 3.40. The van der Waals surface area contributed by atoms with Crippen LogP contribution in [0.4, 0.5) is 0 Å². The van der Waals surface area contributed by atoms with Gasteiger partial charge in [-0.15, -0.1) is 0 Å². The molecule has 1 aliphatic heterocycles. The van der Waals surface area contributed by atoms with Gasteiger partial charge in [0.2, 0.25) is 0 Å². The third-order valence-corrected chi connectivity index (χ3v) is 3.66. The first-order valence-corrected chi connectivity index (χ1v) is 6.71. The summed E-state index contributed by atoms with van der Waals surface area (Å²) in [5.74, 6) is -0.147. The molecule has 3 nitrogen and oxygen atoms in total. The molecule has 1 N–H and O–H groups in total. The minimum absolute atomic E-state index is 0.00345. The van der Waals surface area contributed by atoms with Crippen molar-refractivity contribution in [2.45, 2.75) is 12.5 Å². The number of halogens is 1. The second-order valence-corrected chi connectivity index (χ2v) is 5.19. The Morgan fingerprint density at radius 1 is 1.15 bits per heavy atom. The van der Waals surface area contributed by atoms with Crippen molar-refractivity contribution in [2.75, 3.05) is 0 Å². The molecule has 0 unspecified atom stereocenters. The maximum absolute atomic E-state index is 12.2. The summed E-state index contributed by atoms with van der Waals surface area (Å²) >= 11 is 5.97. The fourth-order valence-electron chi connectivity index (χ4n) is 2.43. The zero-order valence-corrected chi connectivity index (χ0v) is 11.4. The summed E-state index contributed by atoms with van der Waals surface area (Å²) in [5, 5.41) is 3.40. The van der Waals surface area contributed by atoms with Gasteiger partial charge in [-0.25, -0.2) is 0 Å². The average molecular weight is 286 g/mol. The Labute approximate surface area is 121 Å². The van der Waals surface area contributed by atoms with Crippen LogP contribution in [0.3, 0.4) is 0 Å². The third kappa shape index (κ3) is 2.32. The lowest BCUT2D eigenvalue weighted by atomic mass is 9.98. The monoisotopic (exact) mass is 285 g/mol. The first kappa shape index (κ1) is 12.9. The molecule has 0 radical (unpaired) electrons. The van der Waals surface area contributed by atoms with Crippen molar-refractivity contribution < 1.29 is 9.59 Å². The van der Waals surface area contributed by atoms with E-state index in [-0.39, 0.29) is 24.2 Å². The van der Waals surface area contributed by atoms with Crippen LogP contribution in [-0.4, -0.2) is 11.7 Å². The van der Waals surface area contributed by atoms with E-state index >= 15 is 0 Å². The Kier molecular flexibility index (Phi) is 3.28. The summed E-state index contributed by atoms with van der Waals surface area (Å²) in [7, 11) is 0. The normalized spacial score (nSPS) is 16.6. The van der Waals surface area contributed by atoms with Gasteiger partial charge in [0.1, 0.15) is 0 Å². The Bertz CT molecular complexity index is 682. The van der Waals surface area contributed by atoms with Crippen molar-refractivity contribution in [1.82, 2.24) is 5.32 Å². The van der Waals surface area contributed by atoms with Crippen molar-refractivity contribution in [3.05, 3.63) is 70.2 Å². The van der Waals surface area contributed by atoms with E-state index in [0.717, 1.165) is 5.56 Å². The van der Waals surface area contributed by atoms with Gasteiger partial charge in [-0.1, -0.05) is 41.9 Å². The highest BCUT2D eigenvalue weighted by Gasteiger charge is 2.30. The fourth-order valence-corrected chi connectivity index (χ4v) is 2.61. The predicted molar refractivity (Wildman–Crippen MR) is 77.0 cm³/mol. The molecule has 0 spiro atoms. The third-order valence-electron chi connectivity index (χ3n) is 3.42.